The van der Waals surface area contributed by atoms with E-state index >= 15 is 0 Å². The maximum Gasteiger partial charge on any atom is 0.281 e. The standard InChI is InChI=1S/C25H21IN2O4/c1-3-14-32-23-21(26)15-18(16-22(23)31-2)17-27-28-24(29)25(30,19-10-6-4-7-11-19)20-12-8-5-9-13-20/h1,4-13,15-17,30H,14H2,2H3,(H,28,29)/b27-17-. The number of hydrogen-bond donors (Lipinski definition) is 2. The van der Waals surface area contributed by atoms with Gasteiger partial charge in [0.15, 0.2) is 17.1 Å². The Labute approximate surface area is 200 Å². The average Bonchev–Trinajstić information content (AvgIpc) is 2.83. The summed E-state index contributed by atoms with van der Waals surface area (Å²) in [6, 6.07) is 21.0. The van der Waals surface area contributed by atoms with E-state index in [-0.39, 0.29) is 6.61 Å². The van der Waals surface area contributed by atoms with E-state index in [0.29, 0.717) is 28.2 Å². The van der Waals surface area contributed by atoms with Crippen molar-refractivity contribution in [1.29, 1.82) is 0 Å². The van der Waals surface area contributed by atoms with Crippen molar-refractivity contribution in [2.75, 3.05) is 13.7 Å². The topological polar surface area (TPSA) is 80.2 Å². The van der Waals surface area contributed by atoms with Crippen LogP contribution in [0.1, 0.15) is 16.7 Å². The van der Waals surface area contributed by atoms with E-state index in [0.717, 1.165) is 3.57 Å². The monoisotopic (exact) mass is 540 g/mol. The Kier molecular flexibility index (Phi) is 7.87. The van der Waals surface area contributed by atoms with E-state index in [2.05, 4.69) is 39.0 Å². The van der Waals surface area contributed by atoms with Crippen molar-refractivity contribution in [1.82, 2.24) is 5.43 Å². The van der Waals surface area contributed by atoms with Gasteiger partial charge in [0.2, 0.25) is 0 Å². The first kappa shape index (κ1) is 23.3. The lowest BCUT2D eigenvalue weighted by Crippen LogP contribution is -2.43. The number of aliphatic hydroxyl groups is 1. The highest BCUT2D eigenvalue weighted by Gasteiger charge is 2.39. The minimum atomic E-state index is -1.90. The normalized spacial score (nSPS) is 11.1. The van der Waals surface area contributed by atoms with Gasteiger partial charge in [-0.25, -0.2) is 5.43 Å². The number of benzene rings is 3. The molecule has 0 aliphatic heterocycles. The molecule has 0 heterocycles. The molecular formula is C25H21IN2O4. The third-order valence-corrected chi connectivity index (χ3v) is 5.44. The second kappa shape index (κ2) is 10.8. The zero-order chi connectivity index (χ0) is 23.0. The molecule has 0 saturated carbocycles. The molecule has 0 aliphatic carbocycles. The second-order valence-corrected chi connectivity index (χ2v) is 7.83. The molecule has 0 radical (unpaired) electrons. The minimum absolute atomic E-state index is 0.118. The lowest BCUT2D eigenvalue weighted by molar-refractivity contribution is -0.136. The molecule has 32 heavy (non-hydrogen) atoms. The van der Waals surface area contributed by atoms with Crippen LogP contribution < -0.4 is 14.9 Å². The number of methoxy groups -OCH3 is 1. The zero-order valence-electron chi connectivity index (χ0n) is 17.3. The number of amides is 1. The maximum absolute atomic E-state index is 13.1. The van der Waals surface area contributed by atoms with E-state index in [4.69, 9.17) is 15.9 Å². The highest BCUT2D eigenvalue weighted by molar-refractivity contribution is 14.1. The van der Waals surface area contributed by atoms with Crippen molar-refractivity contribution in [2.24, 2.45) is 5.10 Å². The molecule has 0 atom stereocenters. The SMILES string of the molecule is C#CCOc1c(I)cc(/C=N\NC(=O)C(O)(c2ccccc2)c2ccccc2)cc1OC. The predicted octanol–water partition coefficient (Wildman–Crippen LogP) is 3.70. The molecule has 0 fully saturated rings. The van der Waals surface area contributed by atoms with Gasteiger partial charge in [-0.15, -0.1) is 6.42 Å². The Morgan fingerprint density at radius 3 is 2.28 bits per heavy atom. The molecule has 1 amide bonds. The fourth-order valence-corrected chi connectivity index (χ4v) is 3.88. The van der Waals surface area contributed by atoms with Gasteiger partial charge in [0.05, 0.1) is 16.9 Å². The molecule has 3 rings (SSSR count). The summed E-state index contributed by atoms with van der Waals surface area (Å²) >= 11 is 2.11. The van der Waals surface area contributed by atoms with Gasteiger partial charge < -0.3 is 14.6 Å². The minimum Gasteiger partial charge on any atom is -0.493 e. The van der Waals surface area contributed by atoms with Gasteiger partial charge >= 0.3 is 0 Å². The first-order valence-electron chi connectivity index (χ1n) is 9.61. The van der Waals surface area contributed by atoms with Gasteiger partial charge in [0, 0.05) is 0 Å². The van der Waals surface area contributed by atoms with Gasteiger partial charge in [0.25, 0.3) is 5.91 Å². The number of hydrogen-bond acceptors (Lipinski definition) is 5. The predicted molar refractivity (Wildman–Crippen MR) is 132 cm³/mol. The lowest BCUT2D eigenvalue weighted by Gasteiger charge is -2.27. The van der Waals surface area contributed by atoms with Gasteiger partial charge in [-0.1, -0.05) is 66.6 Å². The number of carbonyl (C=O) groups excluding carboxylic acids is 1. The van der Waals surface area contributed by atoms with Crippen LogP contribution >= 0.6 is 22.6 Å². The van der Waals surface area contributed by atoms with Gasteiger partial charge in [-0.2, -0.15) is 5.10 Å². The van der Waals surface area contributed by atoms with Crippen LogP contribution in [0.3, 0.4) is 0 Å². The first-order valence-corrected chi connectivity index (χ1v) is 10.7. The fraction of sp³-hybridized carbons (Fsp3) is 0.120. The van der Waals surface area contributed by atoms with Crippen LogP contribution in [0.5, 0.6) is 11.5 Å². The fourth-order valence-electron chi connectivity index (χ4n) is 3.10. The Balaban J connectivity index is 1.86. The number of nitrogens with one attached hydrogen (secondary N) is 1. The highest BCUT2D eigenvalue weighted by atomic mass is 127. The Morgan fingerprint density at radius 1 is 1.16 bits per heavy atom. The van der Waals surface area contributed by atoms with Crippen LogP contribution in [-0.4, -0.2) is 30.9 Å². The van der Waals surface area contributed by atoms with E-state index in [9.17, 15) is 9.90 Å². The Morgan fingerprint density at radius 2 is 1.75 bits per heavy atom. The molecule has 162 valence electrons. The van der Waals surface area contributed by atoms with Crippen molar-refractivity contribution in [3.63, 3.8) is 0 Å². The van der Waals surface area contributed by atoms with Crippen molar-refractivity contribution in [3.8, 4) is 23.8 Å². The molecule has 6 nitrogen and oxygen atoms in total. The summed E-state index contributed by atoms with van der Waals surface area (Å²) in [7, 11) is 1.52. The number of hydrazone groups is 1. The summed E-state index contributed by atoms with van der Waals surface area (Å²) < 4.78 is 11.7. The van der Waals surface area contributed by atoms with Crippen LogP contribution in [0.4, 0.5) is 0 Å². The number of carbonyl (C=O) groups is 1. The molecule has 0 unspecified atom stereocenters. The number of nitrogens with zero attached hydrogens (tertiary/aromatic N) is 1. The summed E-state index contributed by atoms with van der Waals surface area (Å²) in [6.07, 6.45) is 6.72. The average molecular weight is 540 g/mol. The largest absolute Gasteiger partial charge is 0.493 e. The van der Waals surface area contributed by atoms with Crippen molar-refractivity contribution < 1.29 is 19.4 Å². The molecule has 2 N–H and O–H groups in total. The van der Waals surface area contributed by atoms with Gasteiger partial charge in [0.1, 0.15) is 6.61 Å². The van der Waals surface area contributed by atoms with Crippen LogP contribution in [0.25, 0.3) is 0 Å². The van der Waals surface area contributed by atoms with Crippen LogP contribution in [0.15, 0.2) is 77.9 Å². The van der Waals surface area contributed by atoms with Crippen molar-refractivity contribution in [2.45, 2.75) is 5.60 Å². The number of terminal acetylenes is 1. The summed E-state index contributed by atoms with van der Waals surface area (Å²) in [5, 5.41) is 15.5. The van der Waals surface area contributed by atoms with Crippen LogP contribution in [0.2, 0.25) is 0 Å². The molecule has 0 saturated heterocycles. The van der Waals surface area contributed by atoms with Crippen molar-refractivity contribution >= 4 is 34.7 Å². The number of halogens is 1. The molecule has 0 aromatic heterocycles. The van der Waals surface area contributed by atoms with Crippen LogP contribution in [0, 0.1) is 15.9 Å². The molecule has 3 aromatic rings. The van der Waals surface area contributed by atoms with Crippen molar-refractivity contribution in [3.05, 3.63) is 93.1 Å². The zero-order valence-corrected chi connectivity index (χ0v) is 19.4. The van der Waals surface area contributed by atoms with E-state index < -0.39 is 11.5 Å². The highest BCUT2D eigenvalue weighted by Crippen LogP contribution is 2.33. The third-order valence-electron chi connectivity index (χ3n) is 4.64. The summed E-state index contributed by atoms with van der Waals surface area (Å²) in [5.74, 6) is 2.77. The third kappa shape index (κ3) is 5.10. The second-order valence-electron chi connectivity index (χ2n) is 6.67. The summed E-state index contributed by atoms with van der Waals surface area (Å²) in [6.45, 7) is 0.118. The van der Waals surface area contributed by atoms with Gasteiger partial charge in [-0.05, 0) is 51.4 Å². The molecule has 0 aliphatic rings. The van der Waals surface area contributed by atoms with E-state index in [1.807, 2.05) is 18.2 Å². The van der Waals surface area contributed by atoms with E-state index in [1.54, 1.807) is 54.6 Å². The Bertz CT molecular complexity index is 1100. The maximum atomic E-state index is 13.1. The quantitative estimate of drug-likeness (QED) is 0.198. The molecule has 0 spiro atoms. The number of rotatable bonds is 8. The van der Waals surface area contributed by atoms with Gasteiger partial charge in [-0.3, -0.25) is 4.79 Å². The molecule has 3 aromatic carbocycles. The van der Waals surface area contributed by atoms with E-state index in [1.165, 1.54) is 13.3 Å². The molecule has 0 bridgehead atoms. The molecule has 7 heteroatoms. The Hall–Kier alpha value is -3.35. The first-order chi connectivity index (χ1) is 15.5. The molecular weight excluding hydrogens is 519 g/mol. The number of ether oxygens (including phenoxy) is 2. The smallest absolute Gasteiger partial charge is 0.281 e. The van der Waals surface area contributed by atoms with Crippen LogP contribution in [-0.2, 0) is 10.4 Å². The lowest BCUT2D eigenvalue weighted by atomic mass is 9.85. The summed E-state index contributed by atoms with van der Waals surface area (Å²) in [5.41, 5.74) is 2.09. The summed E-state index contributed by atoms with van der Waals surface area (Å²) in [4.78, 5) is 13.1.